The minimum atomic E-state index is -0.170. The Kier molecular flexibility index (Phi) is 3.88. The summed E-state index contributed by atoms with van der Waals surface area (Å²) in [5.41, 5.74) is 1.23. The Morgan fingerprint density at radius 1 is 1.62 bits per heavy atom. The van der Waals surface area contributed by atoms with Crippen molar-refractivity contribution in [2.24, 2.45) is 0 Å². The number of hydrogen-bond acceptors (Lipinski definition) is 4. The Morgan fingerprint density at radius 3 is 3.12 bits per heavy atom. The molecule has 0 aliphatic carbocycles. The van der Waals surface area contributed by atoms with Crippen molar-refractivity contribution in [1.29, 1.82) is 0 Å². The summed E-state index contributed by atoms with van der Waals surface area (Å²) in [7, 11) is 2.10. The van der Waals surface area contributed by atoms with Crippen LogP contribution in [0, 0.1) is 0 Å². The molecule has 1 saturated heterocycles. The van der Waals surface area contributed by atoms with E-state index in [-0.39, 0.29) is 6.10 Å². The van der Waals surface area contributed by atoms with Gasteiger partial charge in [-0.3, -0.25) is 4.98 Å². The summed E-state index contributed by atoms with van der Waals surface area (Å²) < 4.78 is 0. The lowest BCUT2D eigenvalue weighted by Gasteiger charge is -2.20. The first-order valence-corrected chi connectivity index (χ1v) is 5.73. The fourth-order valence-corrected chi connectivity index (χ4v) is 2.18. The fourth-order valence-electron chi connectivity index (χ4n) is 2.18. The zero-order valence-corrected chi connectivity index (χ0v) is 9.63. The van der Waals surface area contributed by atoms with E-state index in [1.54, 1.807) is 6.20 Å². The van der Waals surface area contributed by atoms with Gasteiger partial charge < -0.3 is 15.3 Å². The first-order chi connectivity index (χ1) is 7.74. The van der Waals surface area contributed by atoms with Crippen LogP contribution in [0.25, 0.3) is 0 Å². The average Bonchev–Trinajstić information content (AvgIpc) is 2.65. The molecule has 0 aromatic carbocycles. The van der Waals surface area contributed by atoms with E-state index < -0.39 is 0 Å². The van der Waals surface area contributed by atoms with E-state index in [4.69, 9.17) is 0 Å². The molecule has 2 atom stereocenters. The summed E-state index contributed by atoms with van der Waals surface area (Å²) in [5.74, 6) is 0. The number of nitrogens with zero attached hydrogens (tertiary/aromatic N) is 2. The summed E-state index contributed by atoms with van der Waals surface area (Å²) in [5, 5.41) is 12.7. The average molecular weight is 221 g/mol. The summed E-state index contributed by atoms with van der Waals surface area (Å²) in [6.07, 6.45) is 4.38. The van der Waals surface area contributed by atoms with E-state index in [9.17, 15) is 5.11 Å². The maximum absolute atomic E-state index is 9.41. The number of aromatic nitrogens is 1. The number of nitrogens with one attached hydrogen (secondary N) is 1. The van der Waals surface area contributed by atoms with Crippen LogP contribution in [0.1, 0.15) is 12.0 Å². The molecule has 0 saturated carbocycles. The van der Waals surface area contributed by atoms with Gasteiger partial charge in [-0.25, -0.2) is 0 Å². The van der Waals surface area contributed by atoms with Gasteiger partial charge in [0.2, 0.25) is 0 Å². The van der Waals surface area contributed by atoms with Gasteiger partial charge in [-0.05, 0) is 25.1 Å². The summed E-state index contributed by atoms with van der Waals surface area (Å²) >= 11 is 0. The van der Waals surface area contributed by atoms with Gasteiger partial charge in [0.05, 0.1) is 6.10 Å². The topological polar surface area (TPSA) is 48.4 Å². The van der Waals surface area contributed by atoms with Crippen LogP contribution in [-0.4, -0.2) is 47.3 Å². The van der Waals surface area contributed by atoms with E-state index in [1.165, 1.54) is 5.56 Å². The second-order valence-corrected chi connectivity index (χ2v) is 4.55. The van der Waals surface area contributed by atoms with Crippen molar-refractivity contribution in [3.8, 4) is 0 Å². The normalized spacial score (nSPS) is 25.2. The van der Waals surface area contributed by atoms with Crippen molar-refractivity contribution in [2.45, 2.75) is 25.1 Å². The Bertz CT molecular complexity index is 317. The molecule has 88 valence electrons. The minimum absolute atomic E-state index is 0.170. The number of β-amino-alcohol motifs (C(OH)–C–C–N with tert-alkyl or cyclic N) is 1. The lowest BCUT2D eigenvalue weighted by atomic mass is 10.2. The largest absolute Gasteiger partial charge is 0.392 e. The molecular weight excluding hydrogens is 202 g/mol. The second kappa shape index (κ2) is 5.39. The fraction of sp³-hybridized carbons (Fsp3) is 0.583. The second-order valence-electron chi connectivity index (χ2n) is 4.55. The number of pyridine rings is 1. The lowest BCUT2D eigenvalue weighted by molar-refractivity contribution is 0.189. The minimum Gasteiger partial charge on any atom is -0.392 e. The first kappa shape index (κ1) is 11.5. The number of aliphatic hydroxyl groups is 1. The van der Waals surface area contributed by atoms with E-state index >= 15 is 0 Å². The zero-order valence-electron chi connectivity index (χ0n) is 9.63. The SMILES string of the molecule is CN(Cc1cccnc1)CC1CC(O)CN1. The summed E-state index contributed by atoms with van der Waals surface area (Å²) in [4.78, 5) is 6.36. The molecular formula is C12H19N3O. The predicted octanol–water partition coefficient (Wildman–Crippen LogP) is 0.236. The molecule has 1 aliphatic heterocycles. The van der Waals surface area contributed by atoms with Gasteiger partial charge in [0.15, 0.2) is 0 Å². The summed E-state index contributed by atoms with van der Waals surface area (Å²) in [6.45, 7) is 2.60. The molecule has 2 heterocycles. The van der Waals surface area contributed by atoms with Gasteiger partial charge in [0.25, 0.3) is 0 Å². The molecule has 1 aromatic rings. The molecule has 4 heteroatoms. The highest BCUT2D eigenvalue weighted by molar-refractivity contribution is 5.08. The van der Waals surface area contributed by atoms with Crippen LogP contribution in [0.2, 0.25) is 0 Å². The standard InChI is InChI=1S/C12H19N3O/c1-15(8-10-3-2-4-13-6-10)9-11-5-12(16)7-14-11/h2-4,6,11-12,14,16H,5,7-9H2,1H3. The van der Waals surface area contributed by atoms with Crippen LogP contribution in [0.3, 0.4) is 0 Å². The Balaban J connectivity index is 1.78. The van der Waals surface area contributed by atoms with Gasteiger partial charge in [-0.2, -0.15) is 0 Å². The smallest absolute Gasteiger partial charge is 0.0680 e. The molecule has 2 rings (SSSR count). The third-order valence-electron chi connectivity index (χ3n) is 2.91. The van der Waals surface area contributed by atoms with Crippen molar-refractivity contribution < 1.29 is 5.11 Å². The molecule has 0 bridgehead atoms. The third kappa shape index (κ3) is 3.27. The molecule has 0 amide bonds. The van der Waals surface area contributed by atoms with Gasteiger partial charge in [-0.15, -0.1) is 0 Å². The first-order valence-electron chi connectivity index (χ1n) is 5.73. The molecule has 4 nitrogen and oxygen atoms in total. The Hall–Kier alpha value is -0.970. The van der Waals surface area contributed by atoms with Crippen LogP contribution >= 0.6 is 0 Å². The van der Waals surface area contributed by atoms with E-state index in [1.807, 2.05) is 12.3 Å². The van der Waals surface area contributed by atoms with Crippen molar-refractivity contribution in [1.82, 2.24) is 15.2 Å². The van der Waals surface area contributed by atoms with E-state index in [2.05, 4.69) is 28.3 Å². The molecule has 16 heavy (non-hydrogen) atoms. The highest BCUT2D eigenvalue weighted by Gasteiger charge is 2.22. The number of likely N-dealkylation sites (N-methyl/N-ethyl adjacent to an activating group) is 1. The highest BCUT2D eigenvalue weighted by atomic mass is 16.3. The van der Waals surface area contributed by atoms with Crippen molar-refractivity contribution in [3.05, 3.63) is 30.1 Å². The quantitative estimate of drug-likeness (QED) is 0.764. The highest BCUT2D eigenvalue weighted by Crippen LogP contribution is 2.09. The van der Waals surface area contributed by atoms with Crippen LogP contribution < -0.4 is 5.32 Å². The van der Waals surface area contributed by atoms with Crippen LogP contribution in [0.4, 0.5) is 0 Å². The Labute approximate surface area is 96.3 Å². The van der Waals surface area contributed by atoms with E-state index in [0.717, 1.165) is 26.1 Å². The molecule has 2 unspecified atom stereocenters. The number of aliphatic hydroxyl groups excluding tert-OH is 1. The molecule has 1 fully saturated rings. The molecule has 0 radical (unpaired) electrons. The number of rotatable bonds is 4. The molecule has 2 N–H and O–H groups in total. The number of hydrogen-bond donors (Lipinski definition) is 2. The summed E-state index contributed by atoms with van der Waals surface area (Å²) in [6, 6.07) is 4.46. The molecule has 1 aliphatic rings. The maximum Gasteiger partial charge on any atom is 0.0680 e. The van der Waals surface area contributed by atoms with Crippen LogP contribution in [0.5, 0.6) is 0 Å². The van der Waals surface area contributed by atoms with Gasteiger partial charge >= 0.3 is 0 Å². The monoisotopic (exact) mass is 221 g/mol. The van der Waals surface area contributed by atoms with Crippen molar-refractivity contribution in [3.63, 3.8) is 0 Å². The molecule has 1 aromatic heterocycles. The lowest BCUT2D eigenvalue weighted by Crippen LogP contribution is -2.34. The molecule has 0 spiro atoms. The van der Waals surface area contributed by atoms with Gasteiger partial charge in [-0.1, -0.05) is 6.07 Å². The van der Waals surface area contributed by atoms with Crippen molar-refractivity contribution in [2.75, 3.05) is 20.1 Å². The third-order valence-corrected chi connectivity index (χ3v) is 2.91. The van der Waals surface area contributed by atoms with Gasteiger partial charge in [0.1, 0.15) is 0 Å². The van der Waals surface area contributed by atoms with E-state index in [0.29, 0.717) is 6.04 Å². The Morgan fingerprint density at radius 2 is 2.50 bits per heavy atom. The van der Waals surface area contributed by atoms with Gasteiger partial charge in [0, 0.05) is 38.1 Å². The van der Waals surface area contributed by atoms with Crippen LogP contribution in [0.15, 0.2) is 24.5 Å². The predicted molar refractivity (Wildman–Crippen MR) is 63.0 cm³/mol. The maximum atomic E-state index is 9.41. The zero-order chi connectivity index (χ0) is 11.4. The van der Waals surface area contributed by atoms with Crippen LogP contribution in [-0.2, 0) is 6.54 Å². The van der Waals surface area contributed by atoms with Crippen molar-refractivity contribution >= 4 is 0 Å².